The standard InChI is InChI=1S/C33H40Cl2N4O3/c1-3-5-17-38(18-6-4-2)27-12-9-25(10-13-27)32-37-30-21-26(33(41)36-16-7-19-42-23-40)11-15-31(30)39(32)22-24-8-14-28(34)29(35)20-24/h8-15,20-21,40H,3-7,16-19,22-23H2,1-2H3,(H,36,41). The number of aliphatic hydroxyl groups excluding tert-OH is 1. The van der Waals surface area contributed by atoms with Gasteiger partial charge in [0.1, 0.15) is 12.6 Å². The number of fused-ring (bicyclic) bond motifs is 1. The Labute approximate surface area is 258 Å². The first-order chi connectivity index (χ1) is 20.4. The lowest BCUT2D eigenvalue weighted by molar-refractivity contribution is -0.00192. The van der Waals surface area contributed by atoms with Crippen LogP contribution in [-0.4, -0.2) is 53.6 Å². The Hall–Kier alpha value is -3.10. The number of hydrogen-bond acceptors (Lipinski definition) is 5. The molecule has 42 heavy (non-hydrogen) atoms. The van der Waals surface area contributed by atoms with Gasteiger partial charge in [0.25, 0.3) is 5.91 Å². The van der Waals surface area contributed by atoms with Crippen LogP contribution in [0.2, 0.25) is 10.0 Å². The number of amides is 1. The van der Waals surface area contributed by atoms with Gasteiger partial charge in [0, 0.05) is 43.0 Å². The highest BCUT2D eigenvalue weighted by molar-refractivity contribution is 6.42. The number of aliphatic hydroxyl groups is 1. The summed E-state index contributed by atoms with van der Waals surface area (Å²) in [5, 5.41) is 12.7. The summed E-state index contributed by atoms with van der Waals surface area (Å²) < 4.78 is 7.08. The number of nitrogens with one attached hydrogen (secondary N) is 1. The molecule has 0 aliphatic rings. The summed E-state index contributed by atoms with van der Waals surface area (Å²) in [5.74, 6) is 0.639. The van der Waals surface area contributed by atoms with Crippen molar-refractivity contribution in [2.75, 3.05) is 37.9 Å². The molecule has 3 aromatic carbocycles. The predicted octanol–water partition coefficient (Wildman–Crippen LogP) is 7.55. The van der Waals surface area contributed by atoms with Gasteiger partial charge >= 0.3 is 0 Å². The molecule has 0 bridgehead atoms. The van der Waals surface area contributed by atoms with Crippen LogP contribution in [0.4, 0.5) is 5.69 Å². The molecule has 0 atom stereocenters. The van der Waals surface area contributed by atoms with E-state index in [1.807, 2.05) is 36.4 Å². The summed E-state index contributed by atoms with van der Waals surface area (Å²) in [6, 6.07) is 19.9. The number of aromatic nitrogens is 2. The molecule has 0 fully saturated rings. The van der Waals surface area contributed by atoms with Gasteiger partial charge in [-0.15, -0.1) is 0 Å². The van der Waals surface area contributed by atoms with E-state index in [0.717, 1.165) is 66.8 Å². The Bertz CT molecular complexity index is 1450. The van der Waals surface area contributed by atoms with Gasteiger partial charge in [0.05, 0.1) is 27.7 Å². The molecule has 1 aromatic heterocycles. The SMILES string of the molecule is CCCCN(CCCC)c1ccc(-c2nc3cc(C(=O)NCCCOCO)ccc3n2Cc2ccc(Cl)c(Cl)c2)cc1. The predicted molar refractivity (Wildman–Crippen MR) is 173 cm³/mol. The molecule has 1 heterocycles. The van der Waals surface area contributed by atoms with Crippen molar-refractivity contribution >= 4 is 45.8 Å². The fourth-order valence-electron chi connectivity index (χ4n) is 4.90. The molecule has 1 amide bonds. The fourth-order valence-corrected chi connectivity index (χ4v) is 5.22. The second-order valence-electron chi connectivity index (χ2n) is 10.4. The molecule has 224 valence electrons. The number of hydrogen-bond donors (Lipinski definition) is 2. The van der Waals surface area contributed by atoms with Crippen LogP contribution in [0.15, 0.2) is 60.7 Å². The van der Waals surface area contributed by atoms with E-state index in [0.29, 0.717) is 41.7 Å². The van der Waals surface area contributed by atoms with Crippen LogP contribution in [0.5, 0.6) is 0 Å². The van der Waals surface area contributed by atoms with Gasteiger partial charge in [-0.05, 0) is 79.4 Å². The second kappa shape index (κ2) is 15.9. The lowest BCUT2D eigenvalue weighted by atomic mass is 10.1. The minimum absolute atomic E-state index is 0.176. The summed E-state index contributed by atoms with van der Waals surface area (Å²) in [4.78, 5) is 20.3. The van der Waals surface area contributed by atoms with Gasteiger partial charge in [-0.3, -0.25) is 4.79 Å². The number of rotatable bonds is 16. The minimum atomic E-state index is -0.323. The number of ether oxygens (including phenoxy) is 1. The maximum absolute atomic E-state index is 12.8. The van der Waals surface area contributed by atoms with E-state index in [1.54, 1.807) is 0 Å². The maximum Gasteiger partial charge on any atom is 0.251 e. The van der Waals surface area contributed by atoms with E-state index < -0.39 is 0 Å². The molecule has 0 saturated carbocycles. The highest BCUT2D eigenvalue weighted by Crippen LogP contribution is 2.30. The van der Waals surface area contributed by atoms with Gasteiger partial charge in [-0.25, -0.2) is 4.98 Å². The Kier molecular flexibility index (Phi) is 12.1. The molecule has 7 nitrogen and oxygen atoms in total. The Morgan fingerprint density at radius 1 is 0.952 bits per heavy atom. The fraction of sp³-hybridized carbons (Fsp3) is 0.394. The first-order valence-electron chi connectivity index (χ1n) is 14.7. The Morgan fingerprint density at radius 3 is 2.36 bits per heavy atom. The number of carbonyl (C=O) groups excluding carboxylic acids is 1. The number of anilines is 1. The molecular weight excluding hydrogens is 571 g/mol. The third kappa shape index (κ3) is 8.26. The normalized spacial score (nSPS) is 11.3. The lowest BCUT2D eigenvalue weighted by Crippen LogP contribution is -2.25. The number of carbonyl (C=O) groups is 1. The van der Waals surface area contributed by atoms with Gasteiger partial charge in [-0.1, -0.05) is 56.0 Å². The number of nitrogens with zero attached hydrogens (tertiary/aromatic N) is 3. The van der Waals surface area contributed by atoms with Crippen LogP contribution in [0, 0.1) is 0 Å². The second-order valence-corrected chi connectivity index (χ2v) is 11.2. The zero-order chi connectivity index (χ0) is 29.9. The molecule has 0 radical (unpaired) electrons. The molecule has 0 aliphatic heterocycles. The van der Waals surface area contributed by atoms with Crippen LogP contribution >= 0.6 is 23.2 Å². The van der Waals surface area contributed by atoms with Crippen molar-refractivity contribution in [3.05, 3.63) is 81.8 Å². The summed E-state index contributed by atoms with van der Waals surface area (Å²) >= 11 is 12.5. The van der Waals surface area contributed by atoms with Gasteiger partial charge in [0.15, 0.2) is 0 Å². The van der Waals surface area contributed by atoms with Crippen molar-refractivity contribution in [2.24, 2.45) is 0 Å². The number of halogens is 2. The van der Waals surface area contributed by atoms with E-state index in [9.17, 15) is 4.79 Å². The summed E-state index contributed by atoms with van der Waals surface area (Å²) in [6.45, 7) is 7.60. The molecule has 4 aromatic rings. The monoisotopic (exact) mass is 610 g/mol. The van der Waals surface area contributed by atoms with Crippen LogP contribution in [0.3, 0.4) is 0 Å². The highest BCUT2D eigenvalue weighted by Gasteiger charge is 2.17. The summed E-state index contributed by atoms with van der Waals surface area (Å²) in [7, 11) is 0. The van der Waals surface area contributed by atoms with Crippen molar-refractivity contribution in [3.8, 4) is 11.4 Å². The summed E-state index contributed by atoms with van der Waals surface area (Å²) in [6.07, 6.45) is 5.27. The summed E-state index contributed by atoms with van der Waals surface area (Å²) in [5.41, 5.74) is 5.40. The van der Waals surface area contributed by atoms with E-state index in [1.165, 1.54) is 5.69 Å². The van der Waals surface area contributed by atoms with Crippen LogP contribution in [-0.2, 0) is 11.3 Å². The quantitative estimate of drug-likeness (QED) is 0.101. The van der Waals surface area contributed by atoms with E-state index in [2.05, 4.69) is 52.9 Å². The Morgan fingerprint density at radius 2 is 1.69 bits per heavy atom. The topological polar surface area (TPSA) is 79.6 Å². The van der Waals surface area contributed by atoms with Crippen LogP contribution < -0.4 is 10.2 Å². The molecule has 0 spiro atoms. The first kappa shape index (κ1) is 31.8. The van der Waals surface area contributed by atoms with E-state index in [4.69, 9.17) is 38.0 Å². The molecular formula is C33H40Cl2N4O3. The molecule has 2 N–H and O–H groups in total. The largest absolute Gasteiger partial charge is 0.372 e. The minimum Gasteiger partial charge on any atom is -0.372 e. The van der Waals surface area contributed by atoms with Gasteiger partial charge in [0.2, 0.25) is 0 Å². The number of benzene rings is 3. The van der Waals surface area contributed by atoms with E-state index in [-0.39, 0.29) is 12.7 Å². The van der Waals surface area contributed by atoms with Crippen molar-refractivity contribution in [1.29, 1.82) is 0 Å². The van der Waals surface area contributed by atoms with Crippen LogP contribution in [0.25, 0.3) is 22.4 Å². The molecule has 0 unspecified atom stereocenters. The molecule has 4 rings (SSSR count). The third-order valence-corrected chi connectivity index (χ3v) is 7.97. The number of imidazole rings is 1. The van der Waals surface area contributed by atoms with Crippen molar-refractivity contribution in [2.45, 2.75) is 52.5 Å². The van der Waals surface area contributed by atoms with Crippen molar-refractivity contribution < 1.29 is 14.6 Å². The Balaban J connectivity index is 1.67. The average molecular weight is 612 g/mol. The number of unbranched alkanes of at least 4 members (excludes halogenated alkanes) is 2. The van der Waals surface area contributed by atoms with Gasteiger partial charge in [-0.2, -0.15) is 0 Å². The van der Waals surface area contributed by atoms with E-state index >= 15 is 0 Å². The van der Waals surface area contributed by atoms with Crippen LogP contribution in [0.1, 0.15) is 61.9 Å². The molecule has 0 saturated heterocycles. The van der Waals surface area contributed by atoms with Gasteiger partial charge < -0.3 is 24.6 Å². The average Bonchev–Trinajstić information content (AvgIpc) is 3.36. The van der Waals surface area contributed by atoms with Crippen molar-refractivity contribution in [1.82, 2.24) is 14.9 Å². The maximum atomic E-state index is 12.8. The molecule has 9 heteroatoms. The zero-order valence-electron chi connectivity index (χ0n) is 24.4. The smallest absolute Gasteiger partial charge is 0.251 e. The first-order valence-corrected chi connectivity index (χ1v) is 15.5. The van der Waals surface area contributed by atoms with Crippen molar-refractivity contribution in [3.63, 3.8) is 0 Å². The lowest BCUT2D eigenvalue weighted by Gasteiger charge is -2.25. The highest BCUT2D eigenvalue weighted by atomic mass is 35.5. The zero-order valence-corrected chi connectivity index (χ0v) is 25.9. The third-order valence-electron chi connectivity index (χ3n) is 7.23. The molecule has 0 aliphatic carbocycles.